The van der Waals surface area contributed by atoms with Crippen LogP contribution in [0.1, 0.15) is 25.7 Å². The van der Waals surface area contributed by atoms with Crippen molar-refractivity contribution in [1.29, 1.82) is 0 Å². The second-order valence-corrected chi connectivity index (χ2v) is 4.07. The van der Waals surface area contributed by atoms with E-state index in [2.05, 4.69) is 5.32 Å². The summed E-state index contributed by atoms with van der Waals surface area (Å²) in [6.07, 6.45) is 4.12. The van der Waals surface area contributed by atoms with Crippen LogP contribution in [0, 0.1) is 0 Å². The lowest BCUT2D eigenvalue weighted by molar-refractivity contribution is -0.140. The molecule has 1 atom stereocenters. The molecule has 0 radical (unpaired) electrons. The maximum Gasteiger partial charge on any atom is 0.328 e. The number of hydrogen-bond acceptors (Lipinski definition) is 3. The summed E-state index contributed by atoms with van der Waals surface area (Å²) in [5.74, 6) is -1.23. The van der Waals surface area contributed by atoms with Gasteiger partial charge in [-0.2, -0.15) is 0 Å². The van der Waals surface area contributed by atoms with Crippen molar-refractivity contribution in [2.24, 2.45) is 0 Å². The summed E-state index contributed by atoms with van der Waals surface area (Å²) in [6.45, 7) is -0.598. The fourth-order valence-corrected chi connectivity index (χ4v) is 1.89. The third-order valence-electron chi connectivity index (χ3n) is 2.97. The van der Waals surface area contributed by atoms with Crippen molar-refractivity contribution >= 4 is 12.0 Å². The van der Waals surface area contributed by atoms with Crippen LogP contribution in [0.5, 0.6) is 0 Å². The van der Waals surface area contributed by atoms with Gasteiger partial charge in [-0.15, -0.1) is 0 Å². The summed E-state index contributed by atoms with van der Waals surface area (Å²) < 4.78 is 0. The molecule has 0 saturated heterocycles. The van der Waals surface area contributed by atoms with Gasteiger partial charge in [-0.3, -0.25) is 0 Å². The average Bonchev–Trinajstić information content (AvgIpc) is 2.77. The third-order valence-corrected chi connectivity index (χ3v) is 2.97. The Morgan fingerprint density at radius 3 is 2.44 bits per heavy atom. The van der Waals surface area contributed by atoms with Crippen LogP contribution in [-0.4, -0.2) is 52.9 Å². The maximum atomic E-state index is 11.6. The zero-order valence-corrected chi connectivity index (χ0v) is 9.35. The lowest BCUT2D eigenvalue weighted by Crippen LogP contribution is -2.50. The van der Waals surface area contributed by atoms with Crippen LogP contribution < -0.4 is 5.32 Å². The zero-order chi connectivity index (χ0) is 12.1. The average molecular weight is 230 g/mol. The summed E-state index contributed by atoms with van der Waals surface area (Å²) in [7, 11) is 1.65. The topological polar surface area (TPSA) is 89.9 Å². The maximum absolute atomic E-state index is 11.6. The fraction of sp³-hybridized carbons (Fsp3) is 0.800. The minimum Gasteiger partial charge on any atom is -0.480 e. The van der Waals surface area contributed by atoms with Crippen molar-refractivity contribution in [1.82, 2.24) is 10.2 Å². The number of nitrogens with zero attached hydrogens (tertiary/aromatic N) is 1. The van der Waals surface area contributed by atoms with Crippen molar-refractivity contribution in [3.05, 3.63) is 0 Å². The zero-order valence-electron chi connectivity index (χ0n) is 9.35. The standard InChI is InChI=1S/C10H18N2O4/c1-12(7-4-2-3-5-7)10(16)11-8(6-13)9(14)15/h7-8,13H,2-6H2,1H3,(H,11,16)(H,14,15). The van der Waals surface area contributed by atoms with E-state index in [9.17, 15) is 9.59 Å². The van der Waals surface area contributed by atoms with Gasteiger partial charge in [0.2, 0.25) is 0 Å². The Labute approximate surface area is 94.2 Å². The van der Waals surface area contributed by atoms with Crippen LogP contribution in [0.3, 0.4) is 0 Å². The molecule has 1 rings (SSSR count). The van der Waals surface area contributed by atoms with Gasteiger partial charge in [0.05, 0.1) is 6.61 Å². The molecule has 1 aliphatic carbocycles. The Morgan fingerprint density at radius 2 is 2.00 bits per heavy atom. The first-order chi connectivity index (χ1) is 7.56. The number of aliphatic hydroxyl groups is 1. The van der Waals surface area contributed by atoms with E-state index in [0.29, 0.717) is 0 Å². The van der Waals surface area contributed by atoms with E-state index in [0.717, 1.165) is 25.7 Å². The number of hydrogen-bond donors (Lipinski definition) is 3. The number of amides is 2. The van der Waals surface area contributed by atoms with Gasteiger partial charge in [-0.25, -0.2) is 9.59 Å². The summed E-state index contributed by atoms with van der Waals surface area (Å²) in [5, 5.41) is 19.7. The Hall–Kier alpha value is -1.30. The molecule has 1 unspecified atom stereocenters. The molecule has 2 amide bonds. The van der Waals surface area contributed by atoms with E-state index in [1.807, 2.05) is 0 Å². The number of carboxylic acid groups (broad SMARTS) is 1. The number of urea groups is 1. The van der Waals surface area contributed by atoms with Crippen molar-refractivity contribution in [3.63, 3.8) is 0 Å². The number of aliphatic hydroxyl groups excluding tert-OH is 1. The van der Waals surface area contributed by atoms with Crippen LogP contribution >= 0.6 is 0 Å². The third kappa shape index (κ3) is 3.10. The van der Waals surface area contributed by atoms with Crippen molar-refractivity contribution in [2.45, 2.75) is 37.8 Å². The first-order valence-electron chi connectivity index (χ1n) is 5.43. The van der Waals surface area contributed by atoms with E-state index < -0.39 is 24.6 Å². The lowest BCUT2D eigenvalue weighted by atomic mass is 10.2. The quantitative estimate of drug-likeness (QED) is 0.635. The van der Waals surface area contributed by atoms with E-state index in [1.165, 1.54) is 4.90 Å². The van der Waals surface area contributed by atoms with Gasteiger partial charge >= 0.3 is 12.0 Å². The van der Waals surface area contributed by atoms with Crippen LogP contribution in [0.25, 0.3) is 0 Å². The summed E-state index contributed by atoms with van der Waals surface area (Å²) in [5.41, 5.74) is 0. The lowest BCUT2D eigenvalue weighted by Gasteiger charge is -2.25. The number of aliphatic carboxylic acids is 1. The van der Waals surface area contributed by atoms with E-state index in [-0.39, 0.29) is 6.04 Å². The number of nitrogens with one attached hydrogen (secondary N) is 1. The van der Waals surface area contributed by atoms with Crippen LogP contribution in [-0.2, 0) is 4.79 Å². The molecule has 0 bridgehead atoms. The summed E-state index contributed by atoms with van der Waals surface area (Å²) in [4.78, 5) is 23.8. The molecule has 1 saturated carbocycles. The predicted octanol–water partition coefficient (Wildman–Crippen LogP) is 0.0159. The Kier molecular flexibility index (Phi) is 4.54. The number of carbonyl (C=O) groups excluding carboxylic acids is 1. The molecule has 0 aromatic heterocycles. The van der Waals surface area contributed by atoms with Gasteiger partial charge in [0, 0.05) is 13.1 Å². The first-order valence-corrected chi connectivity index (χ1v) is 5.43. The fourth-order valence-electron chi connectivity index (χ4n) is 1.89. The van der Waals surface area contributed by atoms with E-state index >= 15 is 0 Å². The Balaban J connectivity index is 2.46. The molecular weight excluding hydrogens is 212 g/mol. The Morgan fingerprint density at radius 1 is 1.44 bits per heavy atom. The van der Waals surface area contributed by atoms with Gasteiger partial charge in [-0.1, -0.05) is 12.8 Å². The molecule has 0 spiro atoms. The van der Waals surface area contributed by atoms with Crippen LogP contribution in [0.2, 0.25) is 0 Å². The number of carbonyl (C=O) groups is 2. The molecule has 0 aromatic rings. The second kappa shape index (κ2) is 5.69. The summed E-state index contributed by atoms with van der Waals surface area (Å²) in [6, 6.07) is -1.47. The van der Waals surface area contributed by atoms with Gasteiger partial charge in [-0.05, 0) is 12.8 Å². The smallest absolute Gasteiger partial charge is 0.328 e. The van der Waals surface area contributed by atoms with E-state index in [1.54, 1.807) is 7.05 Å². The highest BCUT2D eigenvalue weighted by Gasteiger charge is 2.26. The first kappa shape index (κ1) is 12.8. The van der Waals surface area contributed by atoms with Crippen molar-refractivity contribution in [3.8, 4) is 0 Å². The minimum atomic E-state index is -1.23. The largest absolute Gasteiger partial charge is 0.480 e. The highest BCUT2D eigenvalue weighted by molar-refractivity contribution is 5.82. The molecular formula is C10H18N2O4. The Bertz CT molecular complexity index is 264. The second-order valence-electron chi connectivity index (χ2n) is 4.07. The van der Waals surface area contributed by atoms with Crippen LogP contribution in [0.4, 0.5) is 4.79 Å². The van der Waals surface area contributed by atoms with Gasteiger partial charge in [0.1, 0.15) is 0 Å². The molecule has 3 N–H and O–H groups in total. The predicted molar refractivity (Wildman–Crippen MR) is 57.1 cm³/mol. The molecule has 1 aliphatic rings. The molecule has 6 heteroatoms. The highest BCUT2D eigenvalue weighted by atomic mass is 16.4. The summed E-state index contributed by atoms with van der Waals surface area (Å²) >= 11 is 0. The van der Waals surface area contributed by atoms with Crippen molar-refractivity contribution < 1.29 is 19.8 Å². The monoisotopic (exact) mass is 230 g/mol. The minimum absolute atomic E-state index is 0.188. The molecule has 16 heavy (non-hydrogen) atoms. The molecule has 92 valence electrons. The van der Waals surface area contributed by atoms with Gasteiger partial charge in [0.15, 0.2) is 6.04 Å². The van der Waals surface area contributed by atoms with Gasteiger partial charge < -0.3 is 20.4 Å². The van der Waals surface area contributed by atoms with Crippen LogP contribution in [0.15, 0.2) is 0 Å². The normalized spacial score (nSPS) is 18.1. The van der Waals surface area contributed by atoms with Crippen molar-refractivity contribution in [2.75, 3.05) is 13.7 Å². The molecule has 0 heterocycles. The molecule has 1 fully saturated rings. The molecule has 0 aromatic carbocycles. The van der Waals surface area contributed by atoms with E-state index in [4.69, 9.17) is 10.2 Å². The number of carboxylic acids is 1. The highest BCUT2D eigenvalue weighted by Crippen LogP contribution is 2.22. The molecule has 0 aliphatic heterocycles. The van der Waals surface area contributed by atoms with Gasteiger partial charge in [0.25, 0.3) is 0 Å². The number of rotatable bonds is 4. The SMILES string of the molecule is CN(C(=O)NC(CO)C(=O)O)C1CCCC1. The molecule has 6 nitrogen and oxygen atoms in total.